The molecule has 1 amide bonds. The average Bonchev–Trinajstić information content (AvgIpc) is 2.65. The molecule has 1 unspecified atom stereocenters. The normalized spacial score (nSPS) is 14.4. The predicted molar refractivity (Wildman–Crippen MR) is 72.4 cm³/mol. The lowest BCUT2D eigenvalue weighted by molar-refractivity contribution is -0.122. The van der Waals surface area contributed by atoms with E-state index in [9.17, 15) is 4.79 Å². The van der Waals surface area contributed by atoms with Crippen LogP contribution in [0.2, 0.25) is 0 Å². The van der Waals surface area contributed by atoms with E-state index in [0.717, 1.165) is 23.9 Å². The Bertz CT molecular complexity index is 420. The van der Waals surface area contributed by atoms with Crippen molar-refractivity contribution in [3.8, 4) is 0 Å². The Morgan fingerprint density at radius 2 is 2.22 bits per heavy atom. The fourth-order valence-electron chi connectivity index (χ4n) is 1.33. The molecule has 0 aromatic carbocycles. The first kappa shape index (κ1) is 15.0. The summed E-state index contributed by atoms with van der Waals surface area (Å²) in [6, 6.07) is 0. The summed E-state index contributed by atoms with van der Waals surface area (Å²) in [6.07, 6.45) is 0.955. The number of primary amides is 1. The van der Waals surface area contributed by atoms with Crippen LogP contribution in [0.25, 0.3) is 0 Å². The highest BCUT2D eigenvalue weighted by Gasteiger charge is 2.30. The second-order valence-electron chi connectivity index (χ2n) is 4.50. The number of aryl methyl sites for hydroxylation is 1. The van der Waals surface area contributed by atoms with Crippen molar-refractivity contribution in [1.29, 1.82) is 0 Å². The number of hydrogen-bond acceptors (Lipinski definition) is 5. The van der Waals surface area contributed by atoms with E-state index in [0.29, 0.717) is 5.75 Å². The minimum Gasteiger partial charge on any atom is -0.368 e. The molecule has 0 saturated carbocycles. The summed E-state index contributed by atoms with van der Waals surface area (Å²) in [5.74, 6) is 1.04. The van der Waals surface area contributed by atoms with E-state index in [4.69, 9.17) is 5.73 Å². The Hall–Kier alpha value is -1.08. The molecular formula is C11H21N5OS. The van der Waals surface area contributed by atoms with Gasteiger partial charge in [-0.25, -0.2) is 0 Å². The molecule has 0 saturated heterocycles. The lowest BCUT2D eigenvalue weighted by Crippen LogP contribution is -2.55. The number of carbonyl (C=O) groups is 1. The first-order valence-electron chi connectivity index (χ1n) is 5.94. The average molecular weight is 271 g/mol. The lowest BCUT2D eigenvalue weighted by atomic mass is 10.1. The topological polar surface area (TPSA) is 85.8 Å². The summed E-state index contributed by atoms with van der Waals surface area (Å²) in [4.78, 5) is 11.5. The van der Waals surface area contributed by atoms with E-state index in [2.05, 4.69) is 15.5 Å². The van der Waals surface area contributed by atoms with Gasteiger partial charge < -0.3 is 15.6 Å². The maximum atomic E-state index is 11.5. The fourth-order valence-corrected chi connectivity index (χ4v) is 2.42. The summed E-state index contributed by atoms with van der Waals surface area (Å²) < 4.78 is 1.89. The third-order valence-electron chi connectivity index (χ3n) is 2.85. The van der Waals surface area contributed by atoms with Crippen molar-refractivity contribution < 1.29 is 4.79 Å². The molecule has 0 spiro atoms. The van der Waals surface area contributed by atoms with Crippen LogP contribution in [-0.4, -0.2) is 38.5 Å². The second-order valence-corrected chi connectivity index (χ2v) is 5.44. The molecule has 1 heterocycles. The van der Waals surface area contributed by atoms with Crippen molar-refractivity contribution in [3.05, 3.63) is 5.82 Å². The number of nitrogens with one attached hydrogen (secondary N) is 1. The third kappa shape index (κ3) is 3.46. The van der Waals surface area contributed by atoms with Crippen molar-refractivity contribution in [2.45, 2.75) is 37.9 Å². The molecule has 0 fully saturated rings. The number of carbonyl (C=O) groups excluding carboxylic acids is 1. The van der Waals surface area contributed by atoms with Gasteiger partial charge in [-0.3, -0.25) is 4.79 Å². The fraction of sp³-hybridized carbons (Fsp3) is 0.727. The van der Waals surface area contributed by atoms with Crippen molar-refractivity contribution in [1.82, 2.24) is 20.1 Å². The molecule has 0 radical (unpaired) electrons. The summed E-state index contributed by atoms with van der Waals surface area (Å²) in [7, 11) is 1.90. The molecule has 1 atom stereocenters. The van der Waals surface area contributed by atoms with Crippen LogP contribution >= 0.6 is 11.8 Å². The number of thioether (sulfide) groups is 1. The molecular weight excluding hydrogens is 250 g/mol. The molecule has 0 aliphatic carbocycles. The highest BCUT2D eigenvalue weighted by Crippen LogP contribution is 2.21. The molecule has 6 nitrogen and oxygen atoms in total. The largest absolute Gasteiger partial charge is 0.368 e. The molecule has 1 rings (SSSR count). The van der Waals surface area contributed by atoms with Gasteiger partial charge in [0, 0.05) is 12.8 Å². The summed E-state index contributed by atoms with van der Waals surface area (Å²) >= 11 is 1.48. The van der Waals surface area contributed by atoms with Gasteiger partial charge in [-0.2, -0.15) is 0 Å². The minimum atomic E-state index is -0.722. The number of aromatic nitrogens is 3. The number of rotatable bonds is 7. The quantitative estimate of drug-likeness (QED) is 0.704. The number of hydrogen-bond donors (Lipinski definition) is 2. The highest BCUT2D eigenvalue weighted by atomic mass is 32.2. The third-order valence-corrected chi connectivity index (χ3v) is 4.19. The smallest absolute Gasteiger partial charge is 0.238 e. The molecule has 3 N–H and O–H groups in total. The van der Waals surface area contributed by atoms with Crippen LogP contribution in [-0.2, 0) is 11.8 Å². The minimum absolute atomic E-state index is 0.345. The highest BCUT2D eigenvalue weighted by molar-refractivity contribution is 7.99. The molecule has 0 bridgehead atoms. The number of nitrogens with two attached hydrogens (primary N) is 1. The van der Waals surface area contributed by atoms with Crippen molar-refractivity contribution in [2.75, 3.05) is 12.3 Å². The maximum absolute atomic E-state index is 11.5. The van der Waals surface area contributed by atoms with Crippen LogP contribution < -0.4 is 11.1 Å². The van der Waals surface area contributed by atoms with Gasteiger partial charge >= 0.3 is 0 Å². The Morgan fingerprint density at radius 3 is 2.67 bits per heavy atom. The van der Waals surface area contributed by atoms with Crippen molar-refractivity contribution in [3.63, 3.8) is 0 Å². The molecule has 102 valence electrons. The number of amides is 1. The van der Waals surface area contributed by atoms with E-state index >= 15 is 0 Å². The van der Waals surface area contributed by atoms with Crippen LogP contribution in [0, 0.1) is 6.92 Å². The van der Waals surface area contributed by atoms with E-state index in [-0.39, 0.29) is 5.91 Å². The van der Waals surface area contributed by atoms with Crippen molar-refractivity contribution >= 4 is 17.7 Å². The van der Waals surface area contributed by atoms with Gasteiger partial charge in [0.25, 0.3) is 0 Å². The lowest BCUT2D eigenvalue weighted by Gasteiger charge is -2.26. The second kappa shape index (κ2) is 6.19. The Balaban J connectivity index is 2.68. The number of nitrogens with zero attached hydrogens (tertiary/aromatic N) is 3. The molecule has 7 heteroatoms. The van der Waals surface area contributed by atoms with Crippen LogP contribution in [0.15, 0.2) is 5.16 Å². The Kier molecular flexibility index (Phi) is 5.15. The van der Waals surface area contributed by atoms with Gasteiger partial charge in [0.05, 0.1) is 0 Å². The summed E-state index contributed by atoms with van der Waals surface area (Å²) in [6.45, 7) is 6.52. The van der Waals surface area contributed by atoms with E-state index < -0.39 is 5.54 Å². The van der Waals surface area contributed by atoms with E-state index in [1.165, 1.54) is 11.8 Å². The van der Waals surface area contributed by atoms with Gasteiger partial charge in [0.2, 0.25) is 5.91 Å². The van der Waals surface area contributed by atoms with Crippen molar-refractivity contribution in [2.24, 2.45) is 12.8 Å². The summed E-state index contributed by atoms with van der Waals surface area (Å²) in [5, 5.41) is 12.0. The van der Waals surface area contributed by atoms with Crippen LogP contribution in [0.1, 0.15) is 26.1 Å². The van der Waals surface area contributed by atoms with Gasteiger partial charge in [0.15, 0.2) is 5.16 Å². The van der Waals surface area contributed by atoms with Gasteiger partial charge in [-0.1, -0.05) is 18.7 Å². The van der Waals surface area contributed by atoms with Crippen LogP contribution in [0.5, 0.6) is 0 Å². The van der Waals surface area contributed by atoms with Crippen LogP contribution in [0.3, 0.4) is 0 Å². The first-order valence-corrected chi connectivity index (χ1v) is 6.93. The SMILES string of the molecule is CCCNC(C)(CSc1nnc(C)n1C)C(N)=O. The molecule has 0 aliphatic rings. The summed E-state index contributed by atoms with van der Waals surface area (Å²) in [5.41, 5.74) is 4.74. The van der Waals surface area contributed by atoms with Gasteiger partial charge in [-0.05, 0) is 26.8 Å². The standard InChI is InChI=1S/C11H21N5OS/c1-5-6-13-11(3,9(12)17)7-18-10-15-14-8(2)16(10)4/h13H,5-7H2,1-4H3,(H2,12,17). The predicted octanol–water partition coefficient (Wildman–Crippen LogP) is 0.459. The molecule has 18 heavy (non-hydrogen) atoms. The molecule has 0 aliphatic heterocycles. The van der Waals surface area contributed by atoms with Gasteiger partial charge in [-0.15, -0.1) is 10.2 Å². The van der Waals surface area contributed by atoms with Crippen LogP contribution in [0.4, 0.5) is 0 Å². The molecule has 1 aromatic heterocycles. The Labute approximate surface area is 112 Å². The monoisotopic (exact) mass is 271 g/mol. The Morgan fingerprint density at radius 1 is 1.56 bits per heavy atom. The van der Waals surface area contributed by atoms with Gasteiger partial charge in [0.1, 0.15) is 11.4 Å². The zero-order chi connectivity index (χ0) is 13.8. The zero-order valence-corrected chi connectivity index (χ0v) is 12.2. The zero-order valence-electron chi connectivity index (χ0n) is 11.4. The molecule has 1 aromatic rings. The van der Waals surface area contributed by atoms with E-state index in [1.54, 1.807) is 0 Å². The maximum Gasteiger partial charge on any atom is 0.238 e. The van der Waals surface area contributed by atoms with E-state index in [1.807, 2.05) is 32.4 Å². The first-order chi connectivity index (χ1) is 8.40.